The summed E-state index contributed by atoms with van der Waals surface area (Å²) in [7, 11) is 0. The topological polar surface area (TPSA) is 49.5 Å². The van der Waals surface area contributed by atoms with Crippen LogP contribution >= 0.6 is 0 Å². The van der Waals surface area contributed by atoms with E-state index in [0.29, 0.717) is 36.0 Å². The van der Waals surface area contributed by atoms with E-state index in [1.165, 1.54) is 17.7 Å². The number of halogens is 3. The first-order chi connectivity index (χ1) is 17.3. The van der Waals surface area contributed by atoms with Gasteiger partial charge in [0.15, 0.2) is 17.8 Å². The Morgan fingerprint density at radius 2 is 1.53 bits per heavy atom. The molecule has 1 aliphatic rings. The molecule has 3 aromatic rings. The molecule has 0 bridgehead atoms. The van der Waals surface area contributed by atoms with E-state index in [9.17, 15) is 13.2 Å². The predicted molar refractivity (Wildman–Crippen MR) is 129 cm³/mol. The molecular formula is C28H29F3O5. The fraction of sp³-hybridized carbons (Fsp3) is 0.357. The van der Waals surface area contributed by atoms with Crippen molar-refractivity contribution in [3.8, 4) is 34.1 Å². The second kappa shape index (κ2) is 11.7. The standard InChI is InChI=1S/C28H29F3O5/c1-3-5-6-19-7-12-22(13-8-19)34-25-17-21(20-9-14-23(15-10-20)36-28(29,30)31)11-16-24(25)33-18-26-27(35-26)32-4-2/h7-17,26-27H,3-6,18H2,1-2H3. The van der Waals surface area contributed by atoms with Crippen LogP contribution < -0.4 is 14.2 Å². The van der Waals surface area contributed by atoms with Gasteiger partial charge >= 0.3 is 6.36 Å². The van der Waals surface area contributed by atoms with Gasteiger partial charge < -0.3 is 23.7 Å². The molecular weight excluding hydrogens is 473 g/mol. The predicted octanol–water partition coefficient (Wildman–Crippen LogP) is 7.53. The molecule has 2 unspecified atom stereocenters. The van der Waals surface area contributed by atoms with Gasteiger partial charge in [0.1, 0.15) is 24.2 Å². The minimum atomic E-state index is -4.74. The largest absolute Gasteiger partial charge is 0.573 e. The maximum atomic E-state index is 12.5. The molecule has 0 aromatic heterocycles. The number of epoxide rings is 1. The van der Waals surface area contributed by atoms with Crippen LogP contribution in [0.5, 0.6) is 23.0 Å². The van der Waals surface area contributed by atoms with Gasteiger partial charge in [-0.3, -0.25) is 0 Å². The van der Waals surface area contributed by atoms with Gasteiger partial charge in [-0.25, -0.2) is 0 Å². The highest BCUT2D eigenvalue weighted by molar-refractivity contribution is 5.68. The molecule has 192 valence electrons. The number of unbranched alkanes of at least 4 members (excludes halogenated alkanes) is 1. The van der Waals surface area contributed by atoms with Gasteiger partial charge in [-0.05, 0) is 72.9 Å². The minimum Gasteiger partial charge on any atom is -0.487 e. The zero-order chi connectivity index (χ0) is 25.5. The quantitative estimate of drug-likeness (QED) is 0.240. The Balaban J connectivity index is 1.53. The van der Waals surface area contributed by atoms with Crippen molar-refractivity contribution in [2.75, 3.05) is 13.2 Å². The van der Waals surface area contributed by atoms with Crippen molar-refractivity contribution in [1.29, 1.82) is 0 Å². The normalized spacial score (nSPS) is 17.0. The zero-order valence-corrected chi connectivity index (χ0v) is 20.2. The van der Waals surface area contributed by atoms with Crippen LogP contribution in [-0.4, -0.2) is 32.0 Å². The summed E-state index contributed by atoms with van der Waals surface area (Å²) in [6, 6.07) is 19.0. The summed E-state index contributed by atoms with van der Waals surface area (Å²) >= 11 is 0. The van der Waals surface area contributed by atoms with E-state index in [4.69, 9.17) is 18.9 Å². The lowest BCUT2D eigenvalue weighted by Gasteiger charge is -2.15. The molecule has 0 spiro atoms. The summed E-state index contributed by atoms with van der Waals surface area (Å²) in [5.41, 5.74) is 2.70. The lowest BCUT2D eigenvalue weighted by molar-refractivity contribution is -0.274. The SMILES string of the molecule is CCCCc1ccc(Oc2cc(-c3ccc(OC(F)(F)F)cc3)ccc2OCC2OC2OCC)cc1. The van der Waals surface area contributed by atoms with E-state index >= 15 is 0 Å². The first-order valence-corrected chi connectivity index (χ1v) is 12.0. The number of alkyl halides is 3. The number of rotatable bonds is 12. The molecule has 3 aromatic carbocycles. The fourth-order valence-electron chi connectivity index (χ4n) is 3.70. The maximum absolute atomic E-state index is 12.5. The molecule has 0 saturated carbocycles. The molecule has 1 aliphatic heterocycles. The highest BCUT2D eigenvalue weighted by atomic mass is 19.4. The Morgan fingerprint density at radius 3 is 2.19 bits per heavy atom. The molecule has 5 nitrogen and oxygen atoms in total. The number of ether oxygens (including phenoxy) is 5. The third-order valence-electron chi connectivity index (χ3n) is 5.61. The lowest BCUT2D eigenvalue weighted by atomic mass is 10.0. The van der Waals surface area contributed by atoms with Gasteiger partial charge in [0.05, 0.1) is 0 Å². The van der Waals surface area contributed by atoms with E-state index < -0.39 is 6.36 Å². The smallest absolute Gasteiger partial charge is 0.487 e. The summed E-state index contributed by atoms with van der Waals surface area (Å²) in [5, 5.41) is 0. The van der Waals surface area contributed by atoms with Crippen LogP contribution in [0.25, 0.3) is 11.1 Å². The van der Waals surface area contributed by atoms with Crippen molar-refractivity contribution < 1.29 is 36.9 Å². The average Bonchev–Trinajstić information content (AvgIpc) is 3.60. The van der Waals surface area contributed by atoms with E-state index in [1.807, 2.05) is 37.3 Å². The van der Waals surface area contributed by atoms with Crippen molar-refractivity contribution in [2.24, 2.45) is 0 Å². The monoisotopic (exact) mass is 502 g/mol. The minimum absolute atomic E-state index is 0.142. The first kappa shape index (κ1) is 25.9. The zero-order valence-electron chi connectivity index (χ0n) is 20.2. The van der Waals surface area contributed by atoms with Crippen molar-refractivity contribution >= 4 is 0 Å². The maximum Gasteiger partial charge on any atom is 0.573 e. The summed E-state index contributed by atoms with van der Waals surface area (Å²) in [5.74, 6) is 1.38. The number of benzene rings is 3. The third-order valence-corrected chi connectivity index (χ3v) is 5.61. The van der Waals surface area contributed by atoms with Gasteiger partial charge in [-0.2, -0.15) is 0 Å². The van der Waals surface area contributed by atoms with E-state index in [0.717, 1.165) is 24.8 Å². The molecule has 8 heteroatoms. The van der Waals surface area contributed by atoms with E-state index in [-0.39, 0.29) is 18.1 Å². The molecule has 36 heavy (non-hydrogen) atoms. The Labute approximate surface area is 208 Å². The third kappa shape index (κ3) is 7.38. The number of aryl methyl sites for hydroxylation is 1. The molecule has 2 atom stereocenters. The first-order valence-electron chi connectivity index (χ1n) is 12.0. The van der Waals surface area contributed by atoms with Crippen molar-refractivity contribution in [1.82, 2.24) is 0 Å². The molecule has 0 N–H and O–H groups in total. The van der Waals surface area contributed by atoms with E-state index in [1.54, 1.807) is 24.3 Å². The van der Waals surface area contributed by atoms with Gasteiger partial charge in [-0.15, -0.1) is 13.2 Å². The van der Waals surface area contributed by atoms with Crippen LogP contribution in [0.3, 0.4) is 0 Å². The Kier molecular flexibility index (Phi) is 8.38. The molecule has 1 saturated heterocycles. The lowest BCUT2D eigenvalue weighted by Crippen LogP contribution is -2.16. The Bertz CT molecular complexity index is 1110. The van der Waals surface area contributed by atoms with Crippen LogP contribution in [-0.2, 0) is 15.9 Å². The highest BCUT2D eigenvalue weighted by Gasteiger charge is 2.40. The van der Waals surface area contributed by atoms with Gasteiger partial charge in [0, 0.05) is 6.61 Å². The Hall–Kier alpha value is -3.23. The highest BCUT2D eigenvalue weighted by Crippen LogP contribution is 2.37. The molecule has 1 fully saturated rings. The molecule has 0 amide bonds. The number of hydrogen-bond donors (Lipinski definition) is 0. The number of hydrogen-bond acceptors (Lipinski definition) is 5. The van der Waals surface area contributed by atoms with Gasteiger partial charge in [0.2, 0.25) is 0 Å². The second-order valence-electron chi connectivity index (χ2n) is 8.39. The van der Waals surface area contributed by atoms with Crippen LogP contribution in [0, 0.1) is 0 Å². The molecule has 0 aliphatic carbocycles. The average molecular weight is 503 g/mol. The Morgan fingerprint density at radius 1 is 0.833 bits per heavy atom. The molecule has 0 radical (unpaired) electrons. The summed E-state index contributed by atoms with van der Waals surface area (Å²) in [6.07, 6.45) is -1.87. The second-order valence-corrected chi connectivity index (χ2v) is 8.39. The van der Waals surface area contributed by atoms with Gasteiger partial charge in [0.25, 0.3) is 0 Å². The van der Waals surface area contributed by atoms with Crippen molar-refractivity contribution in [3.05, 3.63) is 72.3 Å². The van der Waals surface area contributed by atoms with Crippen molar-refractivity contribution in [2.45, 2.75) is 51.9 Å². The molecule has 1 heterocycles. The van der Waals surface area contributed by atoms with Crippen LogP contribution in [0.4, 0.5) is 13.2 Å². The summed E-state index contributed by atoms with van der Waals surface area (Å²) < 4.78 is 64.4. The van der Waals surface area contributed by atoms with Crippen molar-refractivity contribution in [3.63, 3.8) is 0 Å². The summed E-state index contributed by atoms with van der Waals surface area (Å²) in [4.78, 5) is 0. The van der Waals surface area contributed by atoms with E-state index in [2.05, 4.69) is 11.7 Å². The van der Waals surface area contributed by atoms with Crippen LogP contribution in [0.2, 0.25) is 0 Å². The van der Waals surface area contributed by atoms with Crippen LogP contribution in [0.1, 0.15) is 32.3 Å². The van der Waals surface area contributed by atoms with Crippen LogP contribution in [0.15, 0.2) is 66.7 Å². The van der Waals surface area contributed by atoms with Gasteiger partial charge in [-0.1, -0.05) is 43.7 Å². The molecule has 4 rings (SSSR count). The summed E-state index contributed by atoms with van der Waals surface area (Å²) in [6.45, 7) is 4.93. The fourth-order valence-corrected chi connectivity index (χ4v) is 3.70.